The lowest BCUT2D eigenvalue weighted by atomic mass is 10.1. The minimum Gasteiger partial charge on any atom is -0.507 e. The van der Waals surface area contributed by atoms with Crippen LogP contribution in [0.3, 0.4) is 0 Å². The smallest absolute Gasteiger partial charge is 0.351 e. The summed E-state index contributed by atoms with van der Waals surface area (Å²) in [5.74, 6) is -0.784. The first-order chi connectivity index (χ1) is 11.0. The summed E-state index contributed by atoms with van der Waals surface area (Å²) in [6.07, 6.45) is 3.82. The fourth-order valence-electron chi connectivity index (χ4n) is 2.13. The van der Waals surface area contributed by atoms with Crippen molar-refractivity contribution >= 4 is 11.9 Å². The van der Waals surface area contributed by atoms with Gasteiger partial charge in [-0.1, -0.05) is 30.3 Å². The van der Waals surface area contributed by atoms with Crippen LogP contribution in [0, 0.1) is 18.3 Å². The maximum Gasteiger partial charge on any atom is 0.351 e. The largest absolute Gasteiger partial charge is 0.507 e. The molecule has 1 heterocycles. The molecule has 0 aliphatic heterocycles. The van der Waals surface area contributed by atoms with Crippen molar-refractivity contribution in [2.45, 2.75) is 19.8 Å². The van der Waals surface area contributed by atoms with Gasteiger partial charge in [0.15, 0.2) is 5.78 Å². The third-order valence-electron chi connectivity index (χ3n) is 3.20. The molecule has 2 rings (SSSR count). The predicted molar refractivity (Wildman–Crippen MR) is 85.1 cm³/mol. The second-order valence-electron chi connectivity index (χ2n) is 5.01. The lowest BCUT2D eigenvalue weighted by molar-refractivity contribution is 0.104. The Balaban J connectivity index is 2.22. The van der Waals surface area contributed by atoms with Gasteiger partial charge in [-0.3, -0.25) is 4.79 Å². The quantitative estimate of drug-likeness (QED) is 0.677. The molecule has 0 unspecified atom stereocenters. The van der Waals surface area contributed by atoms with Gasteiger partial charge in [-0.05, 0) is 30.5 Å². The fraction of sp³-hybridized carbons (Fsp3) is 0.167. The molecule has 5 nitrogen and oxygen atoms in total. The number of aryl methyl sites for hydroxylation is 2. The van der Waals surface area contributed by atoms with Crippen LogP contribution in [0.5, 0.6) is 5.75 Å². The number of hydrogen-bond acceptors (Lipinski definition) is 5. The Labute approximate surface area is 133 Å². The number of aromatic hydroxyl groups is 1. The number of benzene rings is 1. The highest BCUT2D eigenvalue weighted by Gasteiger charge is 2.15. The van der Waals surface area contributed by atoms with E-state index in [1.165, 1.54) is 19.1 Å². The molecule has 0 atom stereocenters. The van der Waals surface area contributed by atoms with E-state index in [-0.39, 0.29) is 11.3 Å². The molecule has 5 heteroatoms. The number of nitriles is 1. The van der Waals surface area contributed by atoms with Crippen molar-refractivity contribution < 1.29 is 14.3 Å². The second-order valence-corrected chi connectivity index (χ2v) is 5.01. The maximum absolute atomic E-state index is 12.1. The summed E-state index contributed by atoms with van der Waals surface area (Å²) in [4.78, 5) is 23.8. The molecule has 0 amide bonds. The zero-order valence-corrected chi connectivity index (χ0v) is 12.6. The van der Waals surface area contributed by atoms with Gasteiger partial charge in [0.1, 0.15) is 17.1 Å². The van der Waals surface area contributed by atoms with Crippen LogP contribution < -0.4 is 5.63 Å². The summed E-state index contributed by atoms with van der Waals surface area (Å²) in [5, 5.41) is 18.3. The molecular formula is C18H15NO4. The minimum atomic E-state index is -0.861. The van der Waals surface area contributed by atoms with E-state index in [0.29, 0.717) is 12.8 Å². The van der Waals surface area contributed by atoms with Gasteiger partial charge in [0.25, 0.3) is 0 Å². The van der Waals surface area contributed by atoms with Crippen LogP contribution in [0.15, 0.2) is 45.6 Å². The van der Waals surface area contributed by atoms with Gasteiger partial charge in [0.2, 0.25) is 0 Å². The van der Waals surface area contributed by atoms with E-state index in [2.05, 4.69) is 6.07 Å². The summed E-state index contributed by atoms with van der Waals surface area (Å²) in [7, 11) is 0. The minimum absolute atomic E-state index is 0.234. The number of nitrogens with zero attached hydrogens (tertiary/aromatic N) is 1. The maximum atomic E-state index is 12.1. The molecule has 0 radical (unpaired) electrons. The Hall–Kier alpha value is -3.13. The third kappa shape index (κ3) is 4.17. The topological polar surface area (TPSA) is 91.3 Å². The Bertz CT molecular complexity index is 856. The van der Waals surface area contributed by atoms with E-state index in [0.717, 1.165) is 11.1 Å². The van der Waals surface area contributed by atoms with Gasteiger partial charge >= 0.3 is 5.63 Å². The van der Waals surface area contributed by atoms with E-state index < -0.39 is 17.2 Å². The van der Waals surface area contributed by atoms with Gasteiger partial charge < -0.3 is 9.52 Å². The van der Waals surface area contributed by atoms with E-state index >= 15 is 0 Å². The fourth-order valence-corrected chi connectivity index (χ4v) is 2.13. The molecule has 116 valence electrons. The standard InChI is InChI=1S/C18H15NO4/c1-12-10-16(21)17(18(22)23-12)15(20)8-7-14-5-2-4-13(11-14)6-3-9-19/h2,4-5,7-8,10-11,21H,3,6H2,1H3. The number of ketones is 1. The average molecular weight is 309 g/mol. The normalized spacial score (nSPS) is 10.6. The summed E-state index contributed by atoms with van der Waals surface area (Å²) in [6, 6.07) is 10.7. The highest BCUT2D eigenvalue weighted by molar-refractivity contribution is 6.08. The molecule has 23 heavy (non-hydrogen) atoms. The summed E-state index contributed by atoms with van der Waals surface area (Å²) < 4.78 is 4.82. The van der Waals surface area contributed by atoms with Gasteiger partial charge in [-0.25, -0.2) is 4.79 Å². The monoisotopic (exact) mass is 309 g/mol. The van der Waals surface area contributed by atoms with Gasteiger partial charge in [0, 0.05) is 12.5 Å². The molecule has 1 N–H and O–H groups in total. The molecule has 2 aromatic rings. The Morgan fingerprint density at radius 2 is 2.17 bits per heavy atom. The van der Waals surface area contributed by atoms with Crippen molar-refractivity contribution in [3.63, 3.8) is 0 Å². The van der Waals surface area contributed by atoms with Gasteiger partial charge in [0.05, 0.1) is 6.07 Å². The molecule has 1 aromatic carbocycles. The molecule has 1 aromatic heterocycles. The zero-order chi connectivity index (χ0) is 16.8. The van der Waals surface area contributed by atoms with Crippen LogP contribution in [0.4, 0.5) is 0 Å². The molecule has 0 aliphatic carbocycles. The molecule has 0 bridgehead atoms. The number of rotatable bonds is 5. The van der Waals surface area contributed by atoms with Crippen LogP contribution in [0.25, 0.3) is 6.08 Å². The third-order valence-corrected chi connectivity index (χ3v) is 3.20. The van der Waals surface area contributed by atoms with Crippen molar-refractivity contribution in [1.29, 1.82) is 5.26 Å². The first kappa shape index (κ1) is 16.2. The molecule has 0 spiro atoms. The Morgan fingerprint density at radius 3 is 2.87 bits per heavy atom. The SMILES string of the molecule is Cc1cc(O)c(C(=O)C=Cc2cccc(CCC#N)c2)c(=O)o1. The van der Waals surface area contributed by atoms with Crippen molar-refractivity contribution in [3.05, 3.63) is 69.3 Å². The van der Waals surface area contributed by atoms with E-state index in [9.17, 15) is 14.7 Å². The first-order valence-corrected chi connectivity index (χ1v) is 7.03. The number of carbonyl (C=O) groups is 1. The van der Waals surface area contributed by atoms with E-state index in [1.54, 1.807) is 12.1 Å². The number of hydrogen-bond donors (Lipinski definition) is 1. The average Bonchev–Trinajstić information content (AvgIpc) is 2.50. The first-order valence-electron chi connectivity index (χ1n) is 7.03. The van der Waals surface area contributed by atoms with E-state index in [1.807, 2.05) is 18.2 Å². The Morgan fingerprint density at radius 1 is 1.39 bits per heavy atom. The zero-order valence-electron chi connectivity index (χ0n) is 12.6. The number of allylic oxidation sites excluding steroid dienone is 1. The van der Waals surface area contributed by atoms with Crippen molar-refractivity contribution in [3.8, 4) is 11.8 Å². The molecule has 0 aliphatic rings. The summed E-state index contributed by atoms with van der Waals surface area (Å²) in [5.41, 5.74) is 0.510. The molecule has 0 fully saturated rings. The van der Waals surface area contributed by atoms with Crippen LogP contribution in [-0.2, 0) is 6.42 Å². The Kier molecular flexibility index (Phi) is 5.11. The van der Waals surface area contributed by atoms with Crippen molar-refractivity contribution in [1.82, 2.24) is 0 Å². The second kappa shape index (κ2) is 7.23. The highest BCUT2D eigenvalue weighted by Crippen LogP contribution is 2.16. The van der Waals surface area contributed by atoms with Gasteiger partial charge in [-0.15, -0.1) is 0 Å². The lowest BCUT2D eigenvalue weighted by Gasteiger charge is -2.01. The van der Waals surface area contributed by atoms with Crippen LogP contribution in [0.2, 0.25) is 0 Å². The van der Waals surface area contributed by atoms with Gasteiger partial charge in [-0.2, -0.15) is 5.26 Å². The predicted octanol–water partition coefficient (Wildman–Crippen LogP) is 3.01. The summed E-state index contributed by atoms with van der Waals surface area (Å²) in [6.45, 7) is 1.51. The van der Waals surface area contributed by atoms with Crippen LogP contribution >= 0.6 is 0 Å². The molecular weight excluding hydrogens is 294 g/mol. The van der Waals surface area contributed by atoms with Crippen LogP contribution in [-0.4, -0.2) is 10.9 Å². The number of carbonyl (C=O) groups excluding carboxylic acids is 1. The van der Waals surface area contributed by atoms with Crippen molar-refractivity contribution in [2.24, 2.45) is 0 Å². The highest BCUT2D eigenvalue weighted by atomic mass is 16.4. The van der Waals surface area contributed by atoms with E-state index in [4.69, 9.17) is 9.68 Å². The lowest BCUT2D eigenvalue weighted by Crippen LogP contribution is -2.12. The molecule has 0 saturated heterocycles. The summed E-state index contributed by atoms with van der Waals surface area (Å²) >= 11 is 0. The molecule has 0 saturated carbocycles. The van der Waals surface area contributed by atoms with Crippen LogP contribution in [0.1, 0.15) is 33.7 Å². The van der Waals surface area contributed by atoms with Crippen molar-refractivity contribution in [2.75, 3.05) is 0 Å².